The van der Waals surface area contributed by atoms with E-state index in [4.69, 9.17) is 0 Å². The van der Waals surface area contributed by atoms with Crippen LogP contribution in [0, 0.1) is 11.8 Å². The molecule has 0 aliphatic carbocycles. The molecule has 0 aromatic rings. The lowest BCUT2D eigenvalue weighted by molar-refractivity contribution is -0.139. The van der Waals surface area contributed by atoms with Gasteiger partial charge < -0.3 is 0 Å². The molecule has 0 aromatic carbocycles. The highest BCUT2D eigenvalue weighted by atomic mass is 32.2. The molecule has 0 bridgehead atoms. The Kier molecular flexibility index (Phi) is 6.30. The van der Waals surface area contributed by atoms with E-state index in [9.17, 15) is 18.0 Å². The van der Waals surface area contributed by atoms with Gasteiger partial charge in [-0.15, -0.1) is 0 Å². The molecule has 4 aliphatic rings. The van der Waals surface area contributed by atoms with Gasteiger partial charge in [0.25, 0.3) is 10.2 Å². The summed E-state index contributed by atoms with van der Waals surface area (Å²) in [5.41, 5.74) is 0. The zero-order valence-corrected chi connectivity index (χ0v) is 18.3. The van der Waals surface area contributed by atoms with Gasteiger partial charge in [-0.2, -0.15) is 17.0 Å². The molecule has 0 aromatic heterocycles. The first-order chi connectivity index (χ1) is 13.9. The van der Waals surface area contributed by atoms with Gasteiger partial charge in [-0.3, -0.25) is 19.4 Å². The van der Waals surface area contributed by atoms with Crippen LogP contribution in [0.3, 0.4) is 0 Å². The number of hydrogen-bond acceptors (Lipinski definition) is 5. The summed E-state index contributed by atoms with van der Waals surface area (Å²) in [6, 6.07) is -0.268. The number of carbonyl (C=O) groups is 2. The van der Waals surface area contributed by atoms with Crippen LogP contribution in [0.5, 0.6) is 0 Å². The molecule has 4 aliphatic heterocycles. The highest BCUT2D eigenvalue weighted by Crippen LogP contribution is 2.35. The van der Waals surface area contributed by atoms with Crippen molar-refractivity contribution in [3.63, 3.8) is 0 Å². The Balaban J connectivity index is 1.26. The molecule has 2 amide bonds. The fraction of sp³-hybridized carbons (Fsp3) is 0.900. The minimum Gasteiger partial charge on any atom is -0.292 e. The smallest absolute Gasteiger partial charge is 0.281 e. The Bertz CT molecular complexity index is 721. The summed E-state index contributed by atoms with van der Waals surface area (Å²) in [6.45, 7) is 6.62. The van der Waals surface area contributed by atoms with E-state index < -0.39 is 10.2 Å². The van der Waals surface area contributed by atoms with Gasteiger partial charge in [-0.1, -0.05) is 0 Å². The van der Waals surface area contributed by atoms with Gasteiger partial charge >= 0.3 is 0 Å². The van der Waals surface area contributed by atoms with E-state index in [2.05, 4.69) is 4.90 Å². The summed E-state index contributed by atoms with van der Waals surface area (Å²) in [4.78, 5) is 28.1. The molecule has 9 heteroatoms. The second kappa shape index (κ2) is 8.61. The second-order valence-electron chi connectivity index (χ2n) is 8.92. The van der Waals surface area contributed by atoms with Crippen LogP contribution in [0.15, 0.2) is 0 Å². The third kappa shape index (κ3) is 4.11. The predicted molar refractivity (Wildman–Crippen MR) is 109 cm³/mol. The monoisotopic (exact) mass is 426 g/mol. The van der Waals surface area contributed by atoms with E-state index in [-0.39, 0.29) is 17.9 Å². The minimum atomic E-state index is -3.27. The number of likely N-dealkylation sites (N-methyl/N-ethyl adjacent to an activating group) is 1. The van der Waals surface area contributed by atoms with Crippen LogP contribution in [0.2, 0.25) is 0 Å². The highest BCUT2D eigenvalue weighted by Gasteiger charge is 2.43. The Morgan fingerprint density at radius 1 is 0.828 bits per heavy atom. The lowest BCUT2D eigenvalue weighted by Crippen LogP contribution is -2.49. The van der Waals surface area contributed by atoms with Crippen LogP contribution < -0.4 is 0 Å². The van der Waals surface area contributed by atoms with E-state index in [0.29, 0.717) is 51.0 Å². The summed E-state index contributed by atoms with van der Waals surface area (Å²) >= 11 is 0. The topological polar surface area (TPSA) is 81.2 Å². The van der Waals surface area contributed by atoms with Crippen molar-refractivity contribution in [2.45, 2.75) is 57.9 Å². The van der Waals surface area contributed by atoms with E-state index in [0.717, 1.165) is 51.6 Å². The standard InChI is InChI=1S/C20H34N4O4S/c1-2-24-19(25)15-18(20(24)26)21-11-5-16(6-12-21)17-7-13-23(14-8-17)29(27,28)22-9-3-4-10-22/h16-18H,2-15H2,1H3/t18-/m0/s1. The van der Waals surface area contributed by atoms with Gasteiger partial charge in [0.1, 0.15) is 0 Å². The van der Waals surface area contributed by atoms with Gasteiger partial charge in [0.15, 0.2) is 0 Å². The molecule has 164 valence electrons. The number of carbonyl (C=O) groups excluding carboxylic acids is 2. The Hall–Kier alpha value is -1.03. The molecule has 0 radical (unpaired) electrons. The highest BCUT2D eigenvalue weighted by molar-refractivity contribution is 7.86. The fourth-order valence-electron chi connectivity index (χ4n) is 5.65. The second-order valence-corrected chi connectivity index (χ2v) is 10.8. The SMILES string of the molecule is CCN1C(=O)C[C@H](N2CCC(C3CCN(S(=O)(=O)N4CCCC4)CC3)CC2)C1=O. The van der Waals surface area contributed by atoms with Gasteiger partial charge in [-0.25, -0.2) is 0 Å². The predicted octanol–water partition coefficient (Wildman–Crippen LogP) is 0.898. The Labute approximate surface area is 174 Å². The number of nitrogens with zero attached hydrogens (tertiary/aromatic N) is 4. The van der Waals surface area contributed by atoms with Crippen LogP contribution in [0.4, 0.5) is 0 Å². The van der Waals surface area contributed by atoms with Gasteiger partial charge in [-0.05, 0) is 70.4 Å². The molecule has 0 saturated carbocycles. The van der Waals surface area contributed by atoms with Crippen molar-refractivity contribution in [2.24, 2.45) is 11.8 Å². The zero-order valence-electron chi connectivity index (χ0n) is 17.5. The lowest BCUT2D eigenvalue weighted by atomic mass is 9.79. The summed E-state index contributed by atoms with van der Waals surface area (Å²) in [7, 11) is -3.27. The molecule has 4 saturated heterocycles. The third-order valence-corrected chi connectivity index (χ3v) is 9.47. The van der Waals surface area contributed by atoms with E-state index in [1.54, 1.807) is 8.61 Å². The molecular formula is C20H34N4O4S. The summed E-state index contributed by atoms with van der Waals surface area (Å²) in [5, 5.41) is 0. The van der Waals surface area contributed by atoms with Crippen LogP contribution in [0.25, 0.3) is 0 Å². The molecule has 29 heavy (non-hydrogen) atoms. The fourth-order valence-corrected chi connectivity index (χ4v) is 7.36. The zero-order chi connectivity index (χ0) is 20.6. The maximum absolute atomic E-state index is 12.8. The van der Waals surface area contributed by atoms with Crippen molar-refractivity contribution in [3.8, 4) is 0 Å². The van der Waals surface area contributed by atoms with Gasteiger partial charge in [0, 0.05) is 32.7 Å². The van der Waals surface area contributed by atoms with Crippen LogP contribution in [0.1, 0.15) is 51.9 Å². The molecule has 0 unspecified atom stereocenters. The number of likely N-dealkylation sites (tertiary alicyclic amines) is 2. The summed E-state index contributed by atoms with van der Waals surface area (Å²) < 4.78 is 28.8. The van der Waals surface area contributed by atoms with Crippen molar-refractivity contribution in [1.29, 1.82) is 0 Å². The molecule has 8 nitrogen and oxygen atoms in total. The Morgan fingerprint density at radius 3 is 1.86 bits per heavy atom. The largest absolute Gasteiger partial charge is 0.292 e. The first-order valence-electron chi connectivity index (χ1n) is 11.2. The molecule has 1 atom stereocenters. The van der Waals surface area contributed by atoms with Gasteiger partial charge in [0.05, 0.1) is 12.5 Å². The maximum Gasteiger partial charge on any atom is 0.281 e. The normalized spacial score (nSPS) is 30.0. The molecular weight excluding hydrogens is 392 g/mol. The van der Waals surface area contributed by atoms with Crippen LogP contribution in [-0.4, -0.2) is 90.5 Å². The molecule has 0 spiro atoms. The summed E-state index contributed by atoms with van der Waals surface area (Å²) in [6.07, 6.45) is 6.20. The molecule has 4 fully saturated rings. The maximum atomic E-state index is 12.8. The molecule has 4 rings (SSSR count). The number of piperidine rings is 2. The van der Waals surface area contributed by atoms with Crippen molar-refractivity contribution < 1.29 is 18.0 Å². The number of hydrogen-bond donors (Lipinski definition) is 0. The van der Waals surface area contributed by atoms with Gasteiger partial charge in [0.2, 0.25) is 11.8 Å². The number of imide groups is 1. The first kappa shape index (κ1) is 21.2. The van der Waals surface area contributed by atoms with Crippen molar-refractivity contribution in [2.75, 3.05) is 45.8 Å². The Morgan fingerprint density at radius 2 is 1.34 bits per heavy atom. The molecule has 0 N–H and O–H groups in total. The van der Waals surface area contributed by atoms with E-state index in [1.165, 1.54) is 4.90 Å². The quantitative estimate of drug-likeness (QED) is 0.610. The van der Waals surface area contributed by atoms with Crippen molar-refractivity contribution in [3.05, 3.63) is 0 Å². The minimum absolute atomic E-state index is 0.0311. The van der Waals surface area contributed by atoms with Crippen LogP contribution >= 0.6 is 0 Å². The summed E-state index contributed by atoms with van der Waals surface area (Å²) in [5.74, 6) is 1.08. The van der Waals surface area contributed by atoms with E-state index >= 15 is 0 Å². The first-order valence-corrected chi connectivity index (χ1v) is 12.6. The van der Waals surface area contributed by atoms with Crippen molar-refractivity contribution >= 4 is 22.0 Å². The number of rotatable bonds is 5. The van der Waals surface area contributed by atoms with Crippen molar-refractivity contribution in [1.82, 2.24) is 18.4 Å². The van der Waals surface area contributed by atoms with Crippen LogP contribution in [-0.2, 0) is 19.8 Å². The average molecular weight is 427 g/mol. The van der Waals surface area contributed by atoms with E-state index in [1.807, 2.05) is 6.92 Å². The number of amides is 2. The third-order valence-electron chi connectivity index (χ3n) is 7.43. The lowest BCUT2D eigenvalue weighted by Gasteiger charge is -2.41. The average Bonchev–Trinajstić information content (AvgIpc) is 3.37. The molecule has 4 heterocycles.